The number of benzene rings is 3. The average molecular weight is 912 g/mol. The highest BCUT2D eigenvalue weighted by Crippen LogP contribution is 2.49. The van der Waals surface area contributed by atoms with Gasteiger partial charge in [0.05, 0.1) is 17.1 Å². The van der Waals surface area contributed by atoms with Crippen LogP contribution >= 0.6 is 0 Å². The molecule has 364 valence electrons. The lowest BCUT2D eigenvalue weighted by Gasteiger charge is -2.42. The van der Waals surface area contributed by atoms with Gasteiger partial charge in [0, 0.05) is 35.3 Å². The summed E-state index contributed by atoms with van der Waals surface area (Å²) in [6, 6.07) is 31.4. The molecule has 0 bridgehead atoms. The van der Waals surface area contributed by atoms with Crippen molar-refractivity contribution in [3.05, 3.63) is 159 Å². The van der Waals surface area contributed by atoms with E-state index in [0.29, 0.717) is 0 Å². The molecule has 0 aliphatic heterocycles. The number of rotatable bonds is 3. The average Bonchev–Trinajstić information content (AvgIpc) is 3.31. The Morgan fingerprint density at radius 2 is 0.721 bits per heavy atom. The van der Waals surface area contributed by atoms with E-state index >= 15 is 0 Å². The molecule has 3 aliphatic carbocycles. The molecule has 3 aromatic carbocycles. The Balaban J connectivity index is 0.000000184. The van der Waals surface area contributed by atoms with Gasteiger partial charge in [-0.2, -0.15) is 0 Å². The highest BCUT2D eigenvalue weighted by molar-refractivity contribution is 5.67. The lowest BCUT2D eigenvalue weighted by atomic mass is 9.63. The van der Waals surface area contributed by atoms with Crippen molar-refractivity contribution < 1.29 is 0 Å². The van der Waals surface area contributed by atoms with E-state index in [1.807, 2.05) is 52.4 Å². The summed E-state index contributed by atoms with van der Waals surface area (Å²) in [4.78, 5) is 13.8. The molecule has 0 unspecified atom stereocenters. The summed E-state index contributed by atoms with van der Waals surface area (Å²) in [5.41, 5.74) is 22.7. The zero-order chi connectivity index (χ0) is 50.6. The molecule has 0 N–H and O–H groups in total. The first-order valence-corrected chi connectivity index (χ1v) is 26.1. The van der Waals surface area contributed by atoms with Crippen molar-refractivity contribution in [2.75, 3.05) is 0 Å². The molecule has 68 heavy (non-hydrogen) atoms. The van der Waals surface area contributed by atoms with Crippen LogP contribution in [0.3, 0.4) is 0 Å². The number of aromatic nitrogens is 3. The SMILES string of the molecule is CC.CC.Cc1cccnc1-c1ccc2c(c1)C(C)(C)CCC2(C)C.Cc1ccnc(-c2ccc3c(c2)C(C)(C)CCC3(C)C)c1.Cc1cnc(-c2ccc3c(c2)C(C)(C)CCC3(C)C)cc1C. The third kappa shape index (κ3) is 11.7. The van der Waals surface area contributed by atoms with Gasteiger partial charge in [0.15, 0.2) is 0 Å². The highest BCUT2D eigenvalue weighted by Gasteiger charge is 2.39. The minimum absolute atomic E-state index is 0.251. The number of hydrogen-bond donors (Lipinski definition) is 0. The van der Waals surface area contributed by atoms with Crippen molar-refractivity contribution in [2.45, 2.75) is 209 Å². The maximum absolute atomic E-state index is 4.64. The van der Waals surface area contributed by atoms with Gasteiger partial charge < -0.3 is 0 Å². The van der Waals surface area contributed by atoms with Gasteiger partial charge in [0.1, 0.15) is 0 Å². The van der Waals surface area contributed by atoms with E-state index in [1.165, 1.54) is 111 Å². The van der Waals surface area contributed by atoms with Gasteiger partial charge in [-0.05, 0) is 197 Å². The molecule has 0 amide bonds. The van der Waals surface area contributed by atoms with E-state index in [1.54, 1.807) is 0 Å². The number of pyridine rings is 3. The number of aryl methyl sites for hydroxylation is 4. The van der Waals surface area contributed by atoms with Crippen molar-refractivity contribution >= 4 is 0 Å². The predicted molar refractivity (Wildman–Crippen MR) is 297 cm³/mol. The van der Waals surface area contributed by atoms with Crippen LogP contribution in [0.2, 0.25) is 0 Å². The number of hydrogen-bond acceptors (Lipinski definition) is 3. The molecule has 6 aromatic rings. The van der Waals surface area contributed by atoms with Crippen molar-refractivity contribution in [3.8, 4) is 33.8 Å². The summed E-state index contributed by atoms with van der Waals surface area (Å²) >= 11 is 0. The minimum atomic E-state index is 0.251. The largest absolute Gasteiger partial charge is 0.256 e. The third-order valence-electron chi connectivity index (χ3n) is 15.7. The van der Waals surface area contributed by atoms with E-state index < -0.39 is 0 Å². The fourth-order valence-corrected chi connectivity index (χ4v) is 10.5. The molecule has 3 aromatic heterocycles. The molecule has 3 heteroatoms. The smallest absolute Gasteiger partial charge is 0.0731 e. The van der Waals surface area contributed by atoms with E-state index in [2.05, 4.69) is 205 Å². The molecular formula is C65H89N3. The Morgan fingerprint density at radius 1 is 0.338 bits per heavy atom. The Kier molecular flexibility index (Phi) is 16.7. The minimum Gasteiger partial charge on any atom is -0.256 e. The molecule has 3 aliphatic rings. The molecule has 0 saturated heterocycles. The van der Waals surface area contributed by atoms with Crippen LogP contribution in [-0.2, 0) is 32.5 Å². The van der Waals surface area contributed by atoms with Gasteiger partial charge in [0.25, 0.3) is 0 Å². The summed E-state index contributed by atoms with van der Waals surface area (Å²) in [5, 5.41) is 0. The molecule has 0 atom stereocenters. The van der Waals surface area contributed by atoms with Crippen LogP contribution in [0, 0.1) is 27.7 Å². The van der Waals surface area contributed by atoms with E-state index in [-0.39, 0.29) is 32.5 Å². The standard InChI is InChI=1S/C21H27N.2C20H25N.2C2H6/c1-14-11-19(22-13-15(14)2)16-7-8-17-18(12-16)21(5,6)10-9-20(17,3)4;1-14-8-11-21-18(12-14)15-6-7-16-17(13-15)20(4,5)10-9-19(16,2)3;1-14-7-6-12-21-18(14)15-8-9-16-17(13-15)20(4,5)11-10-19(16,2)3;2*1-2/h7-8,11-13H,9-10H2,1-6H3;6-8,11-13H,9-10H2,1-5H3;6-9,12-13H,10-11H2,1-5H3;2*1-2H3. The number of nitrogens with zero attached hydrogens (tertiary/aromatic N) is 3. The molecule has 9 rings (SSSR count). The fraction of sp³-hybridized carbons (Fsp3) is 0.492. The Labute approximate surface area is 415 Å². The summed E-state index contributed by atoms with van der Waals surface area (Å²) in [7, 11) is 0. The van der Waals surface area contributed by atoms with Crippen LogP contribution < -0.4 is 0 Å². The molecule has 3 nitrogen and oxygen atoms in total. The van der Waals surface area contributed by atoms with Crippen molar-refractivity contribution in [1.29, 1.82) is 0 Å². The maximum Gasteiger partial charge on any atom is 0.0731 e. The second-order valence-electron chi connectivity index (χ2n) is 23.6. The molecular weight excluding hydrogens is 823 g/mol. The topological polar surface area (TPSA) is 38.7 Å². The summed E-state index contributed by atoms with van der Waals surface area (Å²) < 4.78 is 0. The second-order valence-corrected chi connectivity index (χ2v) is 23.6. The van der Waals surface area contributed by atoms with Crippen LogP contribution in [0.1, 0.15) is 205 Å². The molecule has 0 radical (unpaired) electrons. The van der Waals surface area contributed by atoms with Crippen molar-refractivity contribution in [3.63, 3.8) is 0 Å². The molecule has 0 saturated carbocycles. The van der Waals surface area contributed by atoms with Crippen LogP contribution in [0.25, 0.3) is 33.8 Å². The zero-order valence-corrected chi connectivity index (χ0v) is 46.4. The monoisotopic (exact) mass is 912 g/mol. The zero-order valence-electron chi connectivity index (χ0n) is 46.4. The first-order valence-electron chi connectivity index (χ1n) is 26.1. The van der Waals surface area contributed by atoms with E-state index in [9.17, 15) is 0 Å². The van der Waals surface area contributed by atoms with Crippen LogP contribution in [0.15, 0.2) is 104 Å². The van der Waals surface area contributed by atoms with Gasteiger partial charge in [-0.3, -0.25) is 15.0 Å². The van der Waals surface area contributed by atoms with E-state index in [0.717, 1.165) is 17.1 Å². The first-order chi connectivity index (χ1) is 31.8. The lowest BCUT2D eigenvalue weighted by Crippen LogP contribution is -2.33. The highest BCUT2D eigenvalue weighted by atomic mass is 14.7. The number of fused-ring (bicyclic) bond motifs is 3. The van der Waals surface area contributed by atoms with Crippen LogP contribution in [0.4, 0.5) is 0 Å². The van der Waals surface area contributed by atoms with Gasteiger partial charge >= 0.3 is 0 Å². The van der Waals surface area contributed by atoms with Gasteiger partial charge in [-0.25, -0.2) is 0 Å². The van der Waals surface area contributed by atoms with E-state index in [4.69, 9.17) is 0 Å². The quantitative estimate of drug-likeness (QED) is 0.178. The van der Waals surface area contributed by atoms with Gasteiger partial charge in [0.2, 0.25) is 0 Å². The predicted octanol–water partition coefficient (Wildman–Crippen LogP) is 18.6. The fourth-order valence-electron chi connectivity index (χ4n) is 10.5. The summed E-state index contributed by atoms with van der Waals surface area (Å²) in [6.45, 7) is 45.0. The summed E-state index contributed by atoms with van der Waals surface area (Å²) in [6.07, 6.45) is 13.3. The Morgan fingerprint density at radius 3 is 1.12 bits per heavy atom. The second kappa shape index (κ2) is 21.0. The third-order valence-corrected chi connectivity index (χ3v) is 15.7. The van der Waals surface area contributed by atoms with Gasteiger partial charge in [-0.15, -0.1) is 0 Å². The lowest BCUT2D eigenvalue weighted by molar-refractivity contribution is 0.332. The first kappa shape index (κ1) is 54.1. The van der Waals surface area contributed by atoms with Crippen molar-refractivity contribution in [1.82, 2.24) is 15.0 Å². The van der Waals surface area contributed by atoms with Gasteiger partial charge in [-0.1, -0.05) is 153 Å². The molecule has 0 fully saturated rings. The Hall–Kier alpha value is -4.89. The van der Waals surface area contributed by atoms with Crippen molar-refractivity contribution in [2.24, 2.45) is 0 Å². The van der Waals surface area contributed by atoms with Crippen LogP contribution in [0.5, 0.6) is 0 Å². The maximum atomic E-state index is 4.64. The summed E-state index contributed by atoms with van der Waals surface area (Å²) in [5.74, 6) is 0. The molecule has 3 heterocycles. The normalized spacial score (nSPS) is 18.1. The van der Waals surface area contributed by atoms with Crippen LogP contribution in [-0.4, -0.2) is 15.0 Å². The Bertz CT molecular complexity index is 2670. The molecule has 0 spiro atoms.